The zero-order chi connectivity index (χ0) is 14.3. The molecule has 0 bridgehead atoms. The lowest BCUT2D eigenvalue weighted by atomic mass is 10.0. The first-order chi connectivity index (χ1) is 9.20. The molecule has 2 nitrogen and oxygen atoms in total. The number of rotatable bonds is 14. The van der Waals surface area contributed by atoms with Gasteiger partial charge in [0.25, 0.3) is 0 Å². The molecule has 0 aliphatic rings. The summed E-state index contributed by atoms with van der Waals surface area (Å²) in [6, 6.07) is 0. The molecule has 0 amide bonds. The van der Waals surface area contributed by atoms with Gasteiger partial charge in [-0.1, -0.05) is 65.2 Å². The largest absolute Gasteiger partial charge is 0.300 e. The normalized spacial score (nSPS) is 10.6. The summed E-state index contributed by atoms with van der Waals surface area (Å²) in [5.41, 5.74) is 0. The molecule has 0 spiro atoms. The minimum absolute atomic E-state index is 0.209. The molecule has 0 unspecified atom stereocenters. The Labute approximate surface area is 119 Å². The van der Waals surface area contributed by atoms with E-state index in [0.717, 1.165) is 6.42 Å². The van der Waals surface area contributed by atoms with Gasteiger partial charge in [-0.3, -0.25) is 9.59 Å². The van der Waals surface area contributed by atoms with Crippen molar-refractivity contribution in [2.24, 2.45) is 0 Å². The number of Topliss-reactive ketones (excluding diaryl/α,β-unsaturated/α-hetero) is 2. The Morgan fingerprint density at radius 1 is 0.579 bits per heavy atom. The van der Waals surface area contributed by atoms with E-state index in [0.29, 0.717) is 25.7 Å². The van der Waals surface area contributed by atoms with Crippen molar-refractivity contribution in [3.8, 4) is 0 Å². The van der Waals surface area contributed by atoms with Crippen LogP contribution in [0.25, 0.3) is 0 Å². The summed E-state index contributed by atoms with van der Waals surface area (Å²) < 4.78 is 0. The van der Waals surface area contributed by atoms with Gasteiger partial charge in [0.2, 0.25) is 0 Å². The zero-order valence-corrected chi connectivity index (χ0v) is 13.0. The van der Waals surface area contributed by atoms with Crippen LogP contribution in [0.4, 0.5) is 0 Å². The Hall–Kier alpha value is -0.660. The van der Waals surface area contributed by atoms with E-state index in [2.05, 4.69) is 6.92 Å². The molecule has 0 fully saturated rings. The van der Waals surface area contributed by atoms with E-state index >= 15 is 0 Å². The van der Waals surface area contributed by atoms with Crippen LogP contribution in [-0.2, 0) is 9.59 Å². The third-order valence-corrected chi connectivity index (χ3v) is 3.64. The van der Waals surface area contributed by atoms with Gasteiger partial charge in [-0.25, -0.2) is 0 Å². The number of ketones is 2. The zero-order valence-electron chi connectivity index (χ0n) is 13.0. The second kappa shape index (κ2) is 13.8. The lowest BCUT2D eigenvalue weighted by molar-refractivity contribution is -0.124. The molecule has 0 aromatic rings. The van der Waals surface area contributed by atoms with E-state index in [1.807, 2.05) is 6.92 Å². The van der Waals surface area contributed by atoms with Crippen LogP contribution in [0.5, 0.6) is 0 Å². The summed E-state index contributed by atoms with van der Waals surface area (Å²) >= 11 is 0. The summed E-state index contributed by atoms with van der Waals surface area (Å²) in [7, 11) is 0. The first-order valence-electron chi connectivity index (χ1n) is 8.24. The van der Waals surface area contributed by atoms with Crippen molar-refractivity contribution in [1.82, 2.24) is 0 Å². The Bertz CT molecular complexity index is 233. The predicted octanol–water partition coefficient (Wildman–Crippen LogP) is 5.24. The fourth-order valence-electron chi connectivity index (χ4n) is 2.21. The Morgan fingerprint density at radius 2 is 1.05 bits per heavy atom. The van der Waals surface area contributed by atoms with Gasteiger partial charge < -0.3 is 0 Å². The van der Waals surface area contributed by atoms with E-state index in [1.54, 1.807) is 0 Å². The van der Waals surface area contributed by atoms with Crippen LogP contribution in [0.3, 0.4) is 0 Å². The first-order valence-corrected chi connectivity index (χ1v) is 8.24. The number of hydrogen-bond acceptors (Lipinski definition) is 2. The smallest absolute Gasteiger partial charge is 0.133 e. The lowest BCUT2D eigenvalue weighted by Gasteiger charge is -2.02. The van der Waals surface area contributed by atoms with E-state index in [-0.39, 0.29) is 11.6 Å². The third kappa shape index (κ3) is 13.6. The maximum Gasteiger partial charge on any atom is 0.133 e. The standard InChI is InChI=1S/C17H32O2/c1-3-5-6-7-8-9-10-11-12-13-17(19)15-14-16(18)4-2/h3-15H2,1-2H3. The first kappa shape index (κ1) is 18.3. The number of unbranched alkanes of at least 4 members (excludes halogenated alkanes) is 8. The van der Waals surface area contributed by atoms with Crippen molar-refractivity contribution in [3.63, 3.8) is 0 Å². The Kier molecular flexibility index (Phi) is 13.3. The van der Waals surface area contributed by atoms with Crippen LogP contribution in [0.15, 0.2) is 0 Å². The van der Waals surface area contributed by atoms with Crippen LogP contribution in [-0.4, -0.2) is 11.6 Å². The fourth-order valence-corrected chi connectivity index (χ4v) is 2.21. The molecule has 0 heterocycles. The summed E-state index contributed by atoms with van der Waals surface area (Å²) in [6.07, 6.45) is 13.7. The van der Waals surface area contributed by atoms with Gasteiger partial charge in [-0.05, 0) is 6.42 Å². The summed E-state index contributed by atoms with van der Waals surface area (Å²) in [5, 5.41) is 0. The highest BCUT2D eigenvalue weighted by molar-refractivity contribution is 5.85. The molecule has 0 aromatic carbocycles. The molecular formula is C17H32O2. The van der Waals surface area contributed by atoms with Crippen molar-refractivity contribution in [1.29, 1.82) is 0 Å². The quantitative estimate of drug-likeness (QED) is 0.404. The Morgan fingerprint density at radius 3 is 1.58 bits per heavy atom. The predicted molar refractivity (Wildman–Crippen MR) is 81.4 cm³/mol. The van der Waals surface area contributed by atoms with Crippen molar-refractivity contribution in [2.75, 3.05) is 0 Å². The molecule has 0 aromatic heterocycles. The second-order valence-corrected chi connectivity index (χ2v) is 5.51. The topological polar surface area (TPSA) is 34.1 Å². The maximum absolute atomic E-state index is 11.5. The van der Waals surface area contributed by atoms with Crippen molar-refractivity contribution in [3.05, 3.63) is 0 Å². The molecule has 0 rings (SSSR count). The number of carbonyl (C=O) groups excluding carboxylic acids is 2. The van der Waals surface area contributed by atoms with Gasteiger partial charge in [0.15, 0.2) is 0 Å². The molecule has 0 saturated carbocycles. The third-order valence-electron chi connectivity index (χ3n) is 3.64. The highest BCUT2D eigenvalue weighted by Gasteiger charge is 2.05. The second-order valence-electron chi connectivity index (χ2n) is 5.51. The van der Waals surface area contributed by atoms with Crippen LogP contribution in [0.1, 0.15) is 97.3 Å². The van der Waals surface area contributed by atoms with Crippen molar-refractivity contribution < 1.29 is 9.59 Å². The average Bonchev–Trinajstić information content (AvgIpc) is 2.42. The van der Waals surface area contributed by atoms with Crippen LogP contribution in [0.2, 0.25) is 0 Å². The molecule has 112 valence electrons. The maximum atomic E-state index is 11.5. The van der Waals surface area contributed by atoms with Gasteiger partial charge in [0.05, 0.1) is 0 Å². The van der Waals surface area contributed by atoms with Crippen molar-refractivity contribution in [2.45, 2.75) is 97.3 Å². The van der Waals surface area contributed by atoms with E-state index in [1.165, 1.54) is 51.4 Å². The molecule has 0 radical (unpaired) electrons. The summed E-state index contributed by atoms with van der Waals surface area (Å²) in [5.74, 6) is 0.477. The summed E-state index contributed by atoms with van der Waals surface area (Å²) in [4.78, 5) is 22.6. The van der Waals surface area contributed by atoms with Crippen LogP contribution >= 0.6 is 0 Å². The van der Waals surface area contributed by atoms with Crippen molar-refractivity contribution >= 4 is 11.6 Å². The fraction of sp³-hybridized carbons (Fsp3) is 0.882. The number of carbonyl (C=O) groups is 2. The van der Waals surface area contributed by atoms with E-state index in [4.69, 9.17) is 0 Å². The monoisotopic (exact) mass is 268 g/mol. The molecule has 0 N–H and O–H groups in total. The van der Waals surface area contributed by atoms with E-state index < -0.39 is 0 Å². The van der Waals surface area contributed by atoms with Gasteiger partial charge in [-0.15, -0.1) is 0 Å². The van der Waals surface area contributed by atoms with Gasteiger partial charge in [-0.2, -0.15) is 0 Å². The van der Waals surface area contributed by atoms with Crippen LogP contribution < -0.4 is 0 Å². The van der Waals surface area contributed by atoms with Gasteiger partial charge >= 0.3 is 0 Å². The SMILES string of the molecule is CCCCCCCCCCCC(=O)CCC(=O)CC. The molecule has 0 aliphatic heterocycles. The minimum Gasteiger partial charge on any atom is -0.300 e. The van der Waals surface area contributed by atoms with E-state index in [9.17, 15) is 9.59 Å². The molecule has 0 aliphatic carbocycles. The number of hydrogen-bond donors (Lipinski definition) is 0. The van der Waals surface area contributed by atoms with Gasteiger partial charge in [0.1, 0.15) is 11.6 Å². The molecular weight excluding hydrogens is 236 g/mol. The molecule has 0 saturated heterocycles. The lowest BCUT2D eigenvalue weighted by Crippen LogP contribution is -2.03. The summed E-state index contributed by atoms with van der Waals surface area (Å²) in [6.45, 7) is 4.10. The van der Waals surface area contributed by atoms with Crippen LogP contribution in [0, 0.1) is 0 Å². The highest BCUT2D eigenvalue weighted by atomic mass is 16.1. The Balaban J connectivity index is 3.21. The highest BCUT2D eigenvalue weighted by Crippen LogP contribution is 2.11. The molecule has 0 atom stereocenters. The average molecular weight is 268 g/mol. The molecule has 2 heteroatoms. The van der Waals surface area contributed by atoms with Gasteiger partial charge in [0, 0.05) is 25.7 Å². The molecule has 19 heavy (non-hydrogen) atoms. The minimum atomic E-state index is 0.209.